The van der Waals surface area contributed by atoms with Crippen molar-refractivity contribution in [1.29, 1.82) is 0 Å². The zero-order valence-electron chi connectivity index (χ0n) is 4.62. The van der Waals surface area contributed by atoms with Crippen molar-refractivity contribution in [3.8, 4) is 0 Å². The van der Waals surface area contributed by atoms with Crippen molar-refractivity contribution in [2.24, 2.45) is 0 Å². The largest absolute Gasteiger partial charge is 0.687 e. The summed E-state index contributed by atoms with van der Waals surface area (Å²) < 4.78 is 0. The minimum atomic E-state index is 0.806. The molecule has 0 spiro atoms. The van der Waals surface area contributed by atoms with E-state index in [1.54, 1.807) is 6.20 Å². The van der Waals surface area contributed by atoms with E-state index in [-0.39, 0.29) is 0 Å². The monoisotopic (exact) mass is 106 g/mol. The molecule has 42 valence electrons. The van der Waals surface area contributed by atoms with Gasteiger partial charge in [0.25, 0.3) is 0 Å². The average molecular weight is 106 g/mol. The summed E-state index contributed by atoms with van der Waals surface area (Å²) in [5.41, 5.74) is 0. The molecule has 0 radical (unpaired) electrons. The minimum absolute atomic E-state index is 0.806. The molecular formula is C7H8N-. The molecule has 1 rings (SSSR count). The lowest BCUT2D eigenvalue weighted by atomic mass is 10.4. The van der Waals surface area contributed by atoms with Gasteiger partial charge < -0.3 is 5.32 Å². The summed E-state index contributed by atoms with van der Waals surface area (Å²) in [5.74, 6) is 0. The Hall–Kier alpha value is -0.980. The van der Waals surface area contributed by atoms with Crippen LogP contribution in [0, 0.1) is 0 Å². The molecule has 0 fully saturated rings. The molecule has 0 aromatic rings. The molecule has 0 unspecified atom stereocenters. The van der Waals surface area contributed by atoms with Gasteiger partial charge in [-0.3, -0.25) is 0 Å². The highest BCUT2D eigenvalue weighted by Gasteiger charge is 1.63. The minimum Gasteiger partial charge on any atom is -0.687 e. The fourth-order valence-corrected chi connectivity index (χ4v) is 0.500. The first kappa shape index (κ1) is 5.16. The third-order valence-electron chi connectivity index (χ3n) is 0.872. The average Bonchev–Trinajstić information content (AvgIpc) is 1.62. The van der Waals surface area contributed by atoms with Gasteiger partial charge in [-0.15, -0.1) is 12.6 Å². The first-order valence-corrected chi connectivity index (χ1v) is 2.65. The van der Waals surface area contributed by atoms with E-state index in [1.165, 1.54) is 0 Å². The predicted molar refractivity (Wildman–Crippen MR) is 35.6 cm³/mol. The van der Waals surface area contributed by atoms with Crippen LogP contribution in [0.25, 0.3) is 5.32 Å². The molecule has 1 aliphatic heterocycles. The van der Waals surface area contributed by atoms with Crippen LogP contribution in [0.15, 0.2) is 36.6 Å². The summed E-state index contributed by atoms with van der Waals surface area (Å²) in [6, 6.07) is 0. The molecule has 0 aromatic heterocycles. The summed E-state index contributed by atoms with van der Waals surface area (Å²) in [7, 11) is 0. The number of hydrogen-bond acceptors (Lipinski definition) is 0. The second-order valence-corrected chi connectivity index (χ2v) is 1.52. The molecule has 0 N–H and O–H groups in total. The van der Waals surface area contributed by atoms with Gasteiger partial charge in [0.05, 0.1) is 0 Å². The SMILES string of the molecule is C1=C/C=C\C[N-]C=C1. The van der Waals surface area contributed by atoms with E-state index in [9.17, 15) is 0 Å². The summed E-state index contributed by atoms with van der Waals surface area (Å²) in [6.07, 6.45) is 11.7. The molecule has 0 saturated carbocycles. The van der Waals surface area contributed by atoms with Gasteiger partial charge in [-0.05, 0) is 0 Å². The summed E-state index contributed by atoms with van der Waals surface area (Å²) in [6.45, 7) is 0.806. The zero-order valence-corrected chi connectivity index (χ0v) is 4.62. The molecule has 1 heterocycles. The van der Waals surface area contributed by atoms with Gasteiger partial charge in [0, 0.05) is 0 Å². The van der Waals surface area contributed by atoms with Crippen LogP contribution in [-0.4, -0.2) is 6.54 Å². The van der Waals surface area contributed by atoms with Crippen molar-refractivity contribution in [2.75, 3.05) is 6.54 Å². The smallest absolute Gasteiger partial charge is 0.0627 e. The lowest BCUT2D eigenvalue weighted by molar-refractivity contribution is 1.43. The van der Waals surface area contributed by atoms with E-state index < -0.39 is 0 Å². The van der Waals surface area contributed by atoms with Crippen LogP contribution in [0.2, 0.25) is 0 Å². The highest BCUT2D eigenvalue weighted by atomic mass is 14.8. The number of hydrogen-bond donors (Lipinski definition) is 0. The van der Waals surface area contributed by atoms with Gasteiger partial charge in [-0.1, -0.05) is 24.3 Å². The Morgan fingerprint density at radius 3 is 2.88 bits per heavy atom. The molecule has 0 aromatic carbocycles. The molecule has 0 atom stereocenters. The van der Waals surface area contributed by atoms with E-state index >= 15 is 0 Å². The van der Waals surface area contributed by atoms with Crippen LogP contribution >= 0.6 is 0 Å². The van der Waals surface area contributed by atoms with E-state index in [4.69, 9.17) is 0 Å². The van der Waals surface area contributed by atoms with Crippen LogP contribution in [0.1, 0.15) is 0 Å². The highest BCUT2D eigenvalue weighted by molar-refractivity contribution is 5.20. The van der Waals surface area contributed by atoms with Gasteiger partial charge in [-0.25, -0.2) is 0 Å². The lowest BCUT2D eigenvalue weighted by Gasteiger charge is -2.09. The van der Waals surface area contributed by atoms with Crippen LogP contribution in [0.4, 0.5) is 0 Å². The Morgan fingerprint density at radius 2 is 1.88 bits per heavy atom. The first-order valence-electron chi connectivity index (χ1n) is 2.65. The van der Waals surface area contributed by atoms with Gasteiger partial charge in [0.15, 0.2) is 0 Å². The summed E-state index contributed by atoms with van der Waals surface area (Å²) in [4.78, 5) is 0. The van der Waals surface area contributed by atoms with Crippen LogP contribution in [0.5, 0.6) is 0 Å². The van der Waals surface area contributed by atoms with Crippen molar-refractivity contribution >= 4 is 0 Å². The standard InChI is InChI=1S/C7H8N/c1-2-4-6-8-7-5-3-1/h1-6H,7H2/q-1/b2-1?,5-3-,6-4?. The molecule has 1 aliphatic rings. The quantitative estimate of drug-likeness (QED) is 0.448. The van der Waals surface area contributed by atoms with Gasteiger partial charge in [0.2, 0.25) is 0 Å². The number of allylic oxidation sites excluding steroid dienone is 4. The fraction of sp³-hybridized carbons (Fsp3) is 0.143. The highest BCUT2D eigenvalue weighted by Crippen LogP contribution is 1.93. The topological polar surface area (TPSA) is 14.1 Å². The van der Waals surface area contributed by atoms with Gasteiger partial charge in [0.1, 0.15) is 0 Å². The molecule has 0 aliphatic carbocycles. The maximum Gasteiger partial charge on any atom is -0.0627 e. The van der Waals surface area contributed by atoms with Crippen molar-refractivity contribution in [2.45, 2.75) is 0 Å². The van der Waals surface area contributed by atoms with E-state index in [2.05, 4.69) is 5.32 Å². The third kappa shape index (κ3) is 1.65. The van der Waals surface area contributed by atoms with Crippen molar-refractivity contribution in [3.05, 3.63) is 41.9 Å². The first-order chi connectivity index (χ1) is 4.00. The Bertz CT molecular complexity index is 115. The molecule has 1 nitrogen and oxygen atoms in total. The van der Waals surface area contributed by atoms with Crippen molar-refractivity contribution in [3.63, 3.8) is 0 Å². The predicted octanol–water partition coefficient (Wildman–Crippen LogP) is 2.00. The number of rotatable bonds is 0. The Morgan fingerprint density at radius 1 is 1.00 bits per heavy atom. The van der Waals surface area contributed by atoms with Gasteiger partial charge in [-0.2, -0.15) is 6.20 Å². The lowest BCUT2D eigenvalue weighted by Crippen LogP contribution is -1.71. The maximum atomic E-state index is 4.01. The van der Waals surface area contributed by atoms with Crippen molar-refractivity contribution < 1.29 is 0 Å². The van der Waals surface area contributed by atoms with Gasteiger partial charge >= 0.3 is 0 Å². The summed E-state index contributed by atoms with van der Waals surface area (Å²) >= 11 is 0. The van der Waals surface area contributed by atoms with E-state index in [1.807, 2.05) is 30.4 Å². The van der Waals surface area contributed by atoms with Crippen LogP contribution in [-0.2, 0) is 0 Å². The molecular weight excluding hydrogens is 98.1 g/mol. The summed E-state index contributed by atoms with van der Waals surface area (Å²) in [5, 5.41) is 4.01. The third-order valence-corrected chi connectivity index (χ3v) is 0.872. The molecule has 8 heavy (non-hydrogen) atoms. The Balaban J connectivity index is 2.51. The second kappa shape index (κ2) is 3.08. The Kier molecular flexibility index (Phi) is 1.99. The molecule has 1 heteroatoms. The van der Waals surface area contributed by atoms with E-state index in [0.717, 1.165) is 6.54 Å². The molecule has 0 saturated heterocycles. The molecule has 0 bridgehead atoms. The van der Waals surface area contributed by atoms with Crippen LogP contribution in [0.3, 0.4) is 0 Å². The normalized spacial score (nSPS) is 21.0. The van der Waals surface area contributed by atoms with E-state index in [0.29, 0.717) is 0 Å². The molecule has 0 amide bonds. The Labute approximate surface area is 49.4 Å². The zero-order chi connectivity index (χ0) is 5.66. The number of nitrogens with zero attached hydrogens (tertiary/aromatic N) is 1. The van der Waals surface area contributed by atoms with Crippen LogP contribution < -0.4 is 0 Å². The van der Waals surface area contributed by atoms with Crippen molar-refractivity contribution in [1.82, 2.24) is 0 Å². The fourth-order valence-electron chi connectivity index (χ4n) is 0.500. The second-order valence-electron chi connectivity index (χ2n) is 1.52. The maximum absolute atomic E-state index is 4.01.